The third-order valence-electron chi connectivity index (χ3n) is 20.0. The number of aliphatic imine (C=N–C) groups is 1. The molecule has 25 nitrogen and oxygen atoms in total. The number of ketones is 2. The maximum atomic E-state index is 14.0. The molecule has 9 aromatic rings. The highest BCUT2D eigenvalue weighted by Crippen LogP contribution is 2.39. The number of nitrogens with one attached hydrogen (secondary N) is 1. The lowest BCUT2D eigenvalue weighted by Crippen LogP contribution is -2.42. The summed E-state index contributed by atoms with van der Waals surface area (Å²) in [6.45, 7) is 23.7. The van der Waals surface area contributed by atoms with Gasteiger partial charge in [0.15, 0.2) is 75.8 Å². The average molecular weight is 1810 g/mol. The van der Waals surface area contributed by atoms with E-state index in [9.17, 15) is 72.0 Å². The van der Waals surface area contributed by atoms with Crippen molar-refractivity contribution in [3.05, 3.63) is 266 Å². The largest absolute Gasteiger partial charge is 0.496 e. The number of carbonyl (C=O) groups excluding carboxylic acids is 4. The summed E-state index contributed by atoms with van der Waals surface area (Å²) in [4.78, 5) is 92.4. The van der Waals surface area contributed by atoms with Crippen molar-refractivity contribution in [2.24, 2.45) is 26.1 Å². The first kappa shape index (κ1) is 96.9. The van der Waals surface area contributed by atoms with Gasteiger partial charge in [-0.2, -0.15) is 0 Å². The third-order valence-corrected chi connectivity index (χ3v) is 25.6. The SMILES string of the molecule is CCS(=O)(=O)Cc1ccc(C(=O)c2ccc(F)c(OC)c2)c(-c2cn(C)c(=O)cc2CCC(=O)OC(C)(C)C)c1.CCS(=O)(=O)Cc1ccc(C(=O)c2ccc(F)c(OC)c2)c(Br)c1.CCS(=O)(=O)Cc1ccc2c(c1)-c1cn(C)c(=O)cc1CN=C2c1ccc(F)c(OC)c1.Cn1cc(B2OC(C)(C)C(C)(C)O2)c(CNC(=O)OC(C)(C)C)cc1=O. The molecule has 2 aliphatic heterocycles. The van der Waals surface area contributed by atoms with Gasteiger partial charge in [-0.25, -0.2) is 43.2 Å². The van der Waals surface area contributed by atoms with Crippen molar-refractivity contribution in [3.8, 4) is 39.5 Å². The molecule has 5 heterocycles. The minimum absolute atomic E-state index is 0.0115. The van der Waals surface area contributed by atoms with E-state index in [1.165, 1.54) is 89.6 Å². The molecule has 0 spiro atoms. The average Bonchev–Trinajstić information content (AvgIpc) is 1.56. The highest BCUT2D eigenvalue weighted by molar-refractivity contribution is 9.10. The number of aromatic nitrogens is 3. The molecule has 1 saturated heterocycles. The van der Waals surface area contributed by atoms with Crippen molar-refractivity contribution in [2.75, 3.05) is 38.6 Å². The molecule has 11 rings (SSSR count). The molecule has 0 atom stereocenters. The summed E-state index contributed by atoms with van der Waals surface area (Å²) in [5, 5.41) is 2.69. The molecule has 33 heteroatoms. The topological polar surface area (TPSA) is 326 Å². The fourth-order valence-electron chi connectivity index (χ4n) is 12.6. The summed E-state index contributed by atoms with van der Waals surface area (Å²) in [7, 11) is -1.48. The van der Waals surface area contributed by atoms with Crippen LogP contribution >= 0.6 is 15.9 Å². The van der Waals surface area contributed by atoms with Gasteiger partial charge in [0.1, 0.15) is 11.2 Å². The van der Waals surface area contributed by atoms with Gasteiger partial charge in [0.2, 0.25) is 0 Å². The van der Waals surface area contributed by atoms with Gasteiger partial charge < -0.3 is 52.0 Å². The first-order valence-corrected chi connectivity index (χ1v) is 45.0. The zero-order valence-electron chi connectivity index (χ0n) is 71.7. The van der Waals surface area contributed by atoms with Crippen LogP contribution in [-0.4, -0.2) is 136 Å². The molecule has 0 bridgehead atoms. The van der Waals surface area contributed by atoms with Crippen LogP contribution in [0, 0.1) is 17.5 Å². The Balaban J connectivity index is 0.000000206. The van der Waals surface area contributed by atoms with E-state index in [1.54, 1.807) is 157 Å². The Morgan fingerprint density at radius 2 is 0.951 bits per heavy atom. The molecule has 6 aromatic carbocycles. The molecule has 652 valence electrons. The number of carbonyl (C=O) groups is 4. The van der Waals surface area contributed by atoms with Crippen LogP contribution in [0.3, 0.4) is 0 Å². The normalized spacial score (nSPS) is 13.5. The molecule has 3 aromatic heterocycles. The van der Waals surface area contributed by atoms with E-state index in [0.717, 1.165) is 28.3 Å². The van der Waals surface area contributed by atoms with Crippen LogP contribution in [0.1, 0.15) is 173 Å². The number of rotatable bonds is 24. The van der Waals surface area contributed by atoms with E-state index >= 15 is 0 Å². The summed E-state index contributed by atoms with van der Waals surface area (Å²) < 4.78 is 157. The van der Waals surface area contributed by atoms with Crippen LogP contribution in [0.5, 0.6) is 17.2 Å². The number of amides is 1. The van der Waals surface area contributed by atoms with Gasteiger partial charge in [-0.3, -0.25) is 33.8 Å². The van der Waals surface area contributed by atoms with Crippen molar-refractivity contribution in [1.82, 2.24) is 19.0 Å². The van der Waals surface area contributed by atoms with Gasteiger partial charge in [-0.1, -0.05) is 67.0 Å². The van der Waals surface area contributed by atoms with Crippen molar-refractivity contribution < 1.29 is 90.6 Å². The number of pyridine rings is 3. The van der Waals surface area contributed by atoms with Crippen LogP contribution < -0.4 is 41.7 Å². The smallest absolute Gasteiger partial charge is 0.494 e. The van der Waals surface area contributed by atoms with E-state index < -0.39 is 94.3 Å². The minimum Gasteiger partial charge on any atom is -0.494 e. The van der Waals surface area contributed by atoms with Crippen molar-refractivity contribution >= 4 is 87.4 Å². The number of methoxy groups -OCH3 is 3. The predicted octanol–water partition coefficient (Wildman–Crippen LogP) is 13.6. The molecule has 1 fully saturated rings. The number of benzene rings is 6. The summed E-state index contributed by atoms with van der Waals surface area (Å²) in [6.07, 6.45) is 4.59. The molecular formula is C89H102BBrF3N5O20S3. The summed E-state index contributed by atoms with van der Waals surface area (Å²) in [5.41, 5.74) is 6.91. The van der Waals surface area contributed by atoms with E-state index in [-0.39, 0.29) is 117 Å². The number of fused-ring (bicyclic) bond motifs is 3. The molecule has 0 aliphatic carbocycles. The van der Waals surface area contributed by atoms with Gasteiger partial charge in [-0.15, -0.1) is 0 Å². The molecule has 2 aliphatic rings. The quantitative estimate of drug-likeness (QED) is 0.0334. The molecule has 0 unspecified atom stereocenters. The third kappa shape index (κ3) is 25.3. The lowest BCUT2D eigenvalue weighted by Gasteiger charge is -2.32. The van der Waals surface area contributed by atoms with Crippen LogP contribution in [0.15, 0.2) is 170 Å². The Kier molecular flexibility index (Phi) is 31.6. The monoisotopic (exact) mass is 1800 g/mol. The van der Waals surface area contributed by atoms with Crippen molar-refractivity contribution in [2.45, 2.75) is 156 Å². The number of esters is 1. The molecule has 122 heavy (non-hydrogen) atoms. The maximum Gasteiger partial charge on any atom is 0.496 e. The van der Waals surface area contributed by atoms with Crippen LogP contribution in [-0.2, 0) is 111 Å². The van der Waals surface area contributed by atoms with Crippen LogP contribution in [0.4, 0.5) is 18.0 Å². The second kappa shape index (κ2) is 39.7. The maximum absolute atomic E-state index is 14.0. The fraction of sp³-hybridized carbons (Fsp3) is 0.371. The Bertz CT molecular complexity index is 6060. The van der Waals surface area contributed by atoms with Crippen molar-refractivity contribution in [3.63, 3.8) is 0 Å². The lowest BCUT2D eigenvalue weighted by molar-refractivity contribution is -0.154. The highest BCUT2D eigenvalue weighted by Gasteiger charge is 2.52. The number of halogens is 4. The number of hydrogen-bond acceptors (Lipinski definition) is 21. The van der Waals surface area contributed by atoms with E-state index in [0.29, 0.717) is 65.7 Å². The summed E-state index contributed by atoms with van der Waals surface area (Å²) in [6, 6.07) is 31.5. The Morgan fingerprint density at radius 1 is 0.516 bits per heavy atom. The first-order chi connectivity index (χ1) is 56.8. The van der Waals surface area contributed by atoms with Crippen molar-refractivity contribution in [1.29, 1.82) is 0 Å². The molecule has 0 radical (unpaired) electrons. The van der Waals surface area contributed by atoms with Gasteiger partial charge >= 0.3 is 19.2 Å². The second-order valence-corrected chi connectivity index (χ2v) is 39.9. The number of hydrogen-bond donors (Lipinski definition) is 1. The van der Waals surface area contributed by atoms with E-state index in [1.807, 2.05) is 39.8 Å². The van der Waals surface area contributed by atoms with Gasteiger partial charge in [0, 0.05) is 143 Å². The Hall–Kier alpha value is -10.6. The van der Waals surface area contributed by atoms with Crippen LogP contribution in [0.25, 0.3) is 22.3 Å². The highest BCUT2D eigenvalue weighted by atomic mass is 79.9. The number of alkyl carbamates (subject to hydrolysis) is 1. The van der Waals surface area contributed by atoms with Gasteiger partial charge in [0.25, 0.3) is 16.7 Å². The van der Waals surface area contributed by atoms with Gasteiger partial charge in [-0.05, 0) is 199 Å². The molecule has 1 amide bonds. The molecule has 1 N–H and O–H groups in total. The minimum atomic E-state index is -3.39. The Labute approximate surface area is 718 Å². The number of nitrogens with zero attached hydrogens (tertiary/aromatic N) is 4. The van der Waals surface area contributed by atoms with Gasteiger partial charge in [0.05, 0.1) is 62.0 Å². The van der Waals surface area contributed by atoms with E-state index in [4.69, 9.17) is 38.0 Å². The molecular weight excluding hydrogens is 1700 g/mol. The first-order valence-electron chi connectivity index (χ1n) is 38.8. The number of sulfone groups is 3. The zero-order chi connectivity index (χ0) is 90.7. The molecule has 0 saturated carbocycles. The Morgan fingerprint density at radius 3 is 1.44 bits per heavy atom. The number of aryl methyl sites for hydroxylation is 4. The zero-order valence-corrected chi connectivity index (χ0v) is 75.7. The second-order valence-electron chi connectivity index (χ2n) is 32.0. The predicted molar refractivity (Wildman–Crippen MR) is 468 cm³/mol. The lowest BCUT2D eigenvalue weighted by atomic mass is 9.77. The van der Waals surface area contributed by atoms with E-state index in [2.05, 4.69) is 21.2 Å². The number of ether oxygens (including phenoxy) is 5. The standard InChI is InChI=1S/C30H34FNO7S.C24H23FN2O4S.C18H29BN2O5.C17H16BrFO4S/c1-7-40(36,37)18-19-8-11-22(29(35)21-9-12-25(31)26(15-21)38-6)23(14-19)24-17-32(5)27(33)16-20(24)10-13-28(34)39-30(2,3)4;1-4-32(29,30)14-15-5-7-18-19(9-15)20-13-27(2)23(28)11-17(20)12-26-24(18)16-6-8-21(25)22(10-16)31-3;1-16(2,3)24-15(23)20-10-12-9-14(22)21(8)11-13(12)19-25-17(4,5)18(6,7)26-19;1-3-24(21,22)10-11-4-6-13(14(18)8-11)17(20)12-5-7-15(19)16(9-12)23-2/h8-9,11-12,14-17H,7,10,13,18H2,1-6H3;5-11,13H,4,12,14H2,1-3H3;9,11H,10H2,1-8H3,(H,20,23);4-9H,3,10H2,1-2H3. The summed E-state index contributed by atoms with van der Waals surface area (Å²) >= 11 is 3.30. The summed E-state index contributed by atoms with van der Waals surface area (Å²) in [5.74, 6) is -3.21. The van der Waals surface area contributed by atoms with Crippen LogP contribution in [0.2, 0.25) is 0 Å². The fourth-order valence-corrected chi connectivity index (χ4v) is 15.9.